The molecular formula is C16H28NO+. The fraction of sp³-hybridized carbons (Fsp3) is 0.625. The van der Waals surface area contributed by atoms with Gasteiger partial charge in [0.15, 0.2) is 0 Å². The second-order valence-corrected chi connectivity index (χ2v) is 5.11. The first-order valence-corrected chi connectivity index (χ1v) is 7.24. The predicted octanol–water partition coefficient (Wildman–Crippen LogP) is 2.94. The number of quaternary nitrogens is 1. The van der Waals surface area contributed by atoms with Crippen LogP contribution in [0.15, 0.2) is 24.3 Å². The Morgan fingerprint density at radius 3 is 2.50 bits per heavy atom. The van der Waals surface area contributed by atoms with Crippen molar-refractivity contribution in [3.05, 3.63) is 29.8 Å². The van der Waals surface area contributed by atoms with Crippen molar-refractivity contribution in [3.8, 4) is 5.75 Å². The third-order valence-electron chi connectivity index (χ3n) is 3.65. The van der Waals surface area contributed by atoms with Gasteiger partial charge in [0.2, 0.25) is 0 Å². The minimum Gasteiger partial charge on any atom is -0.487 e. The number of hydrogen-bond donors (Lipinski definition) is 1. The fourth-order valence-electron chi connectivity index (χ4n) is 1.93. The molecule has 2 atom stereocenters. The van der Waals surface area contributed by atoms with E-state index in [0.717, 1.165) is 25.3 Å². The van der Waals surface area contributed by atoms with Crippen LogP contribution in [0.2, 0.25) is 0 Å². The Morgan fingerprint density at radius 1 is 1.11 bits per heavy atom. The summed E-state index contributed by atoms with van der Waals surface area (Å²) in [6.45, 7) is 10.8. The van der Waals surface area contributed by atoms with Gasteiger partial charge in [-0.05, 0) is 37.3 Å². The van der Waals surface area contributed by atoms with Crippen LogP contribution >= 0.6 is 0 Å². The minimum atomic E-state index is 0.569. The summed E-state index contributed by atoms with van der Waals surface area (Å²) in [5, 5.41) is 2.35. The van der Waals surface area contributed by atoms with E-state index < -0.39 is 0 Å². The van der Waals surface area contributed by atoms with E-state index in [4.69, 9.17) is 4.74 Å². The summed E-state index contributed by atoms with van der Waals surface area (Å²) in [7, 11) is 0. The molecule has 2 nitrogen and oxygen atoms in total. The number of benzene rings is 1. The Hall–Kier alpha value is -1.02. The van der Waals surface area contributed by atoms with Crippen molar-refractivity contribution in [1.82, 2.24) is 0 Å². The van der Waals surface area contributed by atoms with E-state index in [0.29, 0.717) is 12.0 Å². The maximum Gasteiger partial charge on any atom is 0.137 e. The Morgan fingerprint density at radius 2 is 1.83 bits per heavy atom. The van der Waals surface area contributed by atoms with Gasteiger partial charge in [-0.1, -0.05) is 39.0 Å². The third-order valence-corrected chi connectivity index (χ3v) is 3.65. The fourth-order valence-corrected chi connectivity index (χ4v) is 1.93. The van der Waals surface area contributed by atoms with Crippen LogP contribution in [-0.4, -0.2) is 19.2 Å². The Kier molecular flexibility index (Phi) is 6.81. The second-order valence-electron chi connectivity index (χ2n) is 5.11. The number of para-hydroxylation sites is 1. The lowest BCUT2D eigenvalue weighted by molar-refractivity contribution is -0.686. The summed E-state index contributed by atoms with van der Waals surface area (Å²) >= 11 is 0. The maximum atomic E-state index is 5.92. The Bertz CT molecular complexity index is 338. The number of nitrogens with two attached hydrogens (primary N) is 1. The molecular weight excluding hydrogens is 222 g/mol. The standard InChI is InChI=1S/C16H27NO/c1-5-13(3)15-9-7-8-10-16(15)18-12-11-17-14(4)6-2/h7-10,13-14,17H,5-6,11-12H2,1-4H3/p+1/t13-,14-/m1/s1. The van der Waals surface area contributed by atoms with E-state index in [2.05, 4.69) is 57.3 Å². The van der Waals surface area contributed by atoms with Crippen molar-refractivity contribution in [2.24, 2.45) is 0 Å². The third kappa shape index (κ3) is 4.69. The topological polar surface area (TPSA) is 25.8 Å². The second kappa shape index (κ2) is 8.15. The predicted molar refractivity (Wildman–Crippen MR) is 77.2 cm³/mol. The van der Waals surface area contributed by atoms with Crippen molar-refractivity contribution in [1.29, 1.82) is 0 Å². The van der Waals surface area contributed by atoms with Gasteiger partial charge >= 0.3 is 0 Å². The summed E-state index contributed by atoms with van der Waals surface area (Å²) < 4.78 is 5.92. The van der Waals surface area contributed by atoms with Crippen LogP contribution in [0.5, 0.6) is 5.75 Å². The highest BCUT2D eigenvalue weighted by Gasteiger charge is 2.09. The Labute approximate surface area is 112 Å². The molecule has 0 aliphatic heterocycles. The van der Waals surface area contributed by atoms with Crippen LogP contribution in [0.25, 0.3) is 0 Å². The van der Waals surface area contributed by atoms with Crippen molar-refractivity contribution < 1.29 is 10.1 Å². The first-order valence-electron chi connectivity index (χ1n) is 7.24. The number of ether oxygens (including phenoxy) is 1. The average molecular weight is 250 g/mol. The van der Waals surface area contributed by atoms with Crippen LogP contribution < -0.4 is 10.1 Å². The summed E-state index contributed by atoms with van der Waals surface area (Å²) in [6, 6.07) is 9.12. The van der Waals surface area contributed by atoms with Gasteiger partial charge in [0, 0.05) is 0 Å². The van der Waals surface area contributed by atoms with E-state index in [1.54, 1.807) is 0 Å². The zero-order valence-electron chi connectivity index (χ0n) is 12.3. The van der Waals surface area contributed by atoms with Crippen LogP contribution in [0.1, 0.15) is 52.0 Å². The summed E-state index contributed by atoms with van der Waals surface area (Å²) in [6.07, 6.45) is 2.36. The number of hydrogen-bond acceptors (Lipinski definition) is 1. The lowest BCUT2D eigenvalue weighted by atomic mass is 9.98. The molecule has 0 radical (unpaired) electrons. The molecule has 0 heterocycles. The van der Waals surface area contributed by atoms with Gasteiger partial charge in [-0.25, -0.2) is 0 Å². The van der Waals surface area contributed by atoms with Gasteiger partial charge < -0.3 is 10.1 Å². The molecule has 0 aromatic heterocycles. The molecule has 2 heteroatoms. The quantitative estimate of drug-likeness (QED) is 0.705. The maximum absolute atomic E-state index is 5.92. The van der Waals surface area contributed by atoms with E-state index in [-0.39, 0.29) is 0 Å². The zero-order valence-corrected chi connectivity index (χ0v) is 12.3. The molecule has 0 amide bonds. The molecule has 2 N–H and O–H groups in total. The summed E-state index contributed by atoms with van der Waals surface area (Å²) in [4.78, 5) is 0. The van der Waals surface area contributed by atoms with Gasteiger partial charge in [-0.3, -0.25) is 0 Å². The van der Waals surface area contributed by atoms with Gasteiger partial charge in [0.25, 0.3) is 0 Å². The van der Waals surface area contributed by atoms with Crippen molar-refractivity contribution >= 4 is 0 Å². The molecule has 0 saturated heterocycles. The molecule has 1 aromatic carbocycles. The molecule has 1 rings (SSSR count). The first kappa shape index (κ1) is 15.0. The normalized spacial score (nSPS) is 14.2. The summed E-state index contributed by atoms with van der Waals surface area (Å²) in [5.74, 6) is 1.63. The van der Waals surface area contributed by atoms with Crippen molar-refractivity contribution in [2.45, 2.75) is 52.5 Å². The lowest BCUT2D eigenvalue weighted by Crippen LogP contribution is -2.90. The van der Waals surface area contributed by atoms with E-state index in [1.807, 2.05) is 0 Å². The monoisotopic (exact) mass is 250 g/mol. The smallest absolute Gasteiger partial charge is 0.137 e. The van der Waals surface area contributed by atoms with E-state index in [1.165, 1.54) is 12.0 Å². The molecule has 18 heavy (non-hydrogen) atoms. The van der Waals surface area contributed by atoms with Crippen LogP contribution in [0.4, 0.5) is 0 Å². The van der Waals surface area contributed by atoms with Gasteiger partial charge in [-0.2, -0.15) is 0 Å². The molecule has 0 spiro atoms. The highest BCUT2D eigenvalue weighted by atomic mass is 16.5. The molecule has 0 bridgehead atoms. The molecule has 1 aromatic rings. The van der Waals surface area contributed by atoms with Gasteiger partial charge in [0.05, 0.1) is 6.04 Å². The van der Waals surface area contributed by atoms with E-state index >= 15 is 0 Å². The highest BCUT2D eigenvalue weighted by Crippen LogP contribution is 2.28. The van der Waals surface area contributed by atoms with Crippen LogP contribution in [0.3, 0.4) is 0 Å². The lowest BCUT2D eigenvalue weighted by Gasteiger charge is -2.15. The molecule has 0 unspecified atom stereocenters. The number of rotatable bonds is 8. The van der Waals surface area contributed by atoms with Gasteiger partial charge in [0.1, 0.15) is 18.9 Å². The van der Waals surface area contributed by atoms with Crippen LogP contribution in [0, 0.1) is 0 Å². The van der Waals surface area contributed by atoms with Crippen molar-refractivity contribution in [2.75, 3.05) is 13.2 Å². The first-order chi connectivity index (χ1) is 8.69. The van der Waals surface area contributed by atoms with Crippen LogP contribution in [-0.2, 0) is 0 Å². The molecule has 0 fully saturated rings. The molecule has 0 saturated carbocycles. The Balaban J connectivity index is 2.46. The van der Waals surface area contributed by atoms with Crippen molar-refractivity contribution in [3.63, 3.8) is 0 Å². The molecule has 0 aliphatic rings. The van der Waals surface area contributed by atoms with E-state index in [9.17, 15) is 0 Å². The zero-order chi connectivity index (χ0) is 13.4. The average Bonchev–Trinajstić information content (AvgIpc) is 2.42. The largest absolute Gasteiger partial charge is 0.487 e. The summed E-state index contributed by atoms with van der Waals surface area (Å²) in [5.41, 5.74) is 1.34. The van der Waals surface area contributed by atoms with Gasteiger partial charge in [-0.15, -0.1) is 0 Å². The SMILES string of the molecule is CC[C@@H](C)[NH2+]CCOc1ccccc1[C@H](C)CC. The molecule has 102 valence electrons. The highest BCUT2D eigenvalue weighted by molar-refractivity contribution is 5.35. The molecule has 0 aliphatic carbocycles. The minimum absolute atomic E-state index is 0.569.